The molecular weight excluding hydrogens is 425 g/mol. The highest BCUT2D eigenvalue weighted by Crippen LogP contribution is 2.46. The Morgan fingerprint density at radius 1 is 1.36 bits per heavy atom. The van der Waals surface area contributed by atoms with E-state index in [4.69, 9.17) is 20.2 Å². The van der Waals surface area contributed by atoms with Gasteiger partial charge in [0, 0.05) is 41.3 Å². The lowest BCUT2D eigenvalue weighted by Gasteiger charge is -2.40. The molecule has 33 heavy (non-hydrogen) atoms. The minimum absolute atomic E-state index is 0.00734. The number of benzene rings is 1. The number of aliphatic hydroxyl groups excluding tert-OH is 1. The number of hydrogen-bond acceptors (Lipinski definition) is 6. The molecule has 1 aromatic carbocycles. The van der Waals surface area contributed by atoms with Crippen molar-refractivity contribution in [1.82, 2.24) is 9.55 Å². The summed E-state index contributed by atoms with van der Waals surface area (Å²) in [5, 5.41) is 11.6. The van der Waals surface area contributed by atoms with E-state index in [1.807, 2.05) is 13.0 Å². The van der Waals surface area contributed by atoms with Gasteiger partial charge in [0.15, 0.2) is 6.29 Å². The van der Waals surface area contributed by atoms with Crippen LogP contribution in [0.5, 0.6) is 0 Å². The summed E-state index contributed by atoms with van der Waals surface area (Å²) in [6, 6.07) is 3.14. The van der Waals surface area contributed by atoms with Crippen molar-refractivity contribution in [3.63, 3.8) is 0 Å². The van der Waals surface area contributed by atoms with Gasteiger partial charge in [-0.25, -0.2) is 9.37 Å². The molecule has 3 aromatic rings. The summed E-state index contributed by atoms with van der Waals surface area (Å²) in [5.41, 5.74) is 11.7. The van der Waals surface area contributed by atoms with Crippen LogP contribution in [-0.2, 0) is 34.6 Å². The van der Waals surface area contributed by atoms with Crippen LogP contribution in [0.25, 0.3) is 22.3 Å². The third-order valence-corrected chi connectivity index (χ3v) is 7.91. The van der Waals surface area contributed by atoms with Crippen LogP contribution in [-0.4, -0.2) is 28.1 Å². The number of methoxy groups -OCH3 is 1. The van der Waals surface area contributed by atoms with Gasteiger partial charge in [0.2, 0.25) is 0 Å². The maximum absolute atomic E-state index is 14.7. The van der Waals surface area contributed by atoms with Crippen molar-refractivity contribution < 1.29 is 19.0 Å². The lowest BCUT2D eigenvalue weighted by molar-refractivity contribution is -0.247. The Kier molecular flexibility index (Phi) is 4.39. The van der Waals surface area contributed by atoms with Crippen molar-refractivity contribution in [1.29, 1.82) is 0 Å². The van der Waals surface area contributed by atoms with Gasteiger partial charge < -0.3 is 24.9 Å². The molecule has 3 atom stereocenters. The lowest BCUT2D eigenvalue weighted by atomic mass is 9.82. The molecule has 3 N–H and O–H groups in total. The van der Waals surface area contributed by atoms with Gasteiger partial charge in [-0.3, -0.25) is 4.79 Å². The molecule has 3 aliphatic rings. The van der Waals surface area contributed by atoms with Crippen LogP contribution < -0.4 is 11.3 Å². The van der Waals surface area contributed by atoms with E-state index in [-0.39, 0.29) is 24.0 Å². The van der Waals surface area contributed by atoms with E-state index in [0.29, 0.717) is 59.4 Å². The highest BCUT2D eigenvalue weighted by Gasteiger charge is 2.46. The number of fused-ring (bicyclic) bond motifs is 5. The van der Waals surface area contributed by atoms with Gasteiger partial charge in [0.1, 0.15) is 11.4 Å². The minimum Gasteiger partial charge on any atom is -0.368 e. The Morgan fingerprint density at radius 2 is 2.15 bits per heavy atom. The zero-order valence-corrected chi connectivity index (χ0v) is 18.9. The number of pyridine rings is 2. The van der Waals surface area contributed by atoms with Gasteiger partial charge in [0.05, 0.1) is 30.1 Å². The number of nitrogens with zero attached hydrogens (tertiary/aromatic N) is 2. The lowest BCUT2D eigenvalue weighted by Crippen LogP contribution is -2.48. The fourth-order valence-electron chi connectivity index (χ4n) is 6.05. The van der Waals surface area contributed by atoms with E-state index in [1.165, 1.54) is 13.2 Å². The average molecular weight is 451 g/mol. The monoisotopic (exact) mass is 451 g/mol. The van der Waals surface area contributed by atoms with Crippen molar-refractivity contribution in [2.75, 3.05) is 7.11 Å². The van der Waals surface area contributed by atoms with E-state index in [0.717, 1.165) is 22.1 Å². The van der Waals surface area contributed by atoms with Gasteiger partial charge >= 0.3 is 0 Å². The molecule has 7 nitrogen and oxygen atoms in total. The maximum atomic E-state index is 14.7. The van der Waals surface area contributed by atoms with Crippen LogP contribution in [0.15, 0.2) is 16.9 Å². The number of halogens is 1. The van der Waals surface area contributed by atoms with E-state index >= 15 is 0 Å². The van der Waals surface area contributed by atoms with Gasteiger partial charge in [0.25, 0.3) is 5.56 Å². The van der Waals surface area contributed by atoms with Crippen LogP contribution in [0.2, 0.25) is 0 Å². The van der Waals surface area contributed by atoms with Gasteiger partial charge in [-0.15, -0.1) is 0 Å². The maximum Gasteiger partial charge on any atom is 0.257 e. The summed E-state index contributed by atoms with van der Waals surface area (Å²) in [6.07, 6.45) is 0.649. The van der Waals surface area contributed by atoms with E-state index < -0.39 is 11.9 Å². The highest BCUT2D eigenvalue weighted by molar-refractivity contribution is 5.92. The van der Waals surface area contributed by atoms with Crippen LogP contribution in [0.3, 0.4) is 0 Å². The van der Waals surface area contributed by atoms with Crippen LogP contribution in [0.4, 0.5) is 4.39 Å². The number of aromatic nitrogens is 2. The van der Waals surface area contributed by atoms with Crippen LogP contribution >= 0.6 is 0 Å². The number of aliphatic hydroxyl groups is 1. The molecule has 0 bridgehead atoms. The number of aryl methyl sites for hydroxylation is 1. The van der Waals surface area contributed by atoms with Crippen molar-refractivity contribution in [2.45, 2.75) is 64.2 Å². The number of hydrogen-bond donors (Lipinski definition) is 2. The first-order valence-electron chi connectivity index (χ1n) is 11.3. The van der Waals surface area contributed by atoms with Crippen LogP contribution in [0, 0.1) is 12.7 Å². The third-order valence-electron chi connectivity index (χ3n) is 7.91. The second-order valence-electron chi connectivity index (χ2n) is 9.28. The molecule has 0 amide bonds. The molecule has 6 rings (SSSR count). The van der Waals surface area contributed by atoms with Gasteiger partial charge in [-0.05, 0) is 48.9 Å². The molecule has 172 valence electrons. The van der Waals surface area contributed by atoms with Crippen LogP contribution in [0.1, 0.15) is 59.2 Å². The summed E-state index contributed by atoms with van der Waals surface area (Å²) < 4.78 is 27.7. The second kappa shape index (κ2) is 6.93. The summed E-state index contributed by atoms with van der Waals surface area (Å²) in [7, 11) is 1.51. The Hall–Kier alpha value is -2.65. The molecule has 1 aliphatic carbocycles. The van der Waals surface area contributed by atoms with Crippen molar-refractivity contribution in [2.24, 2.45) is 5.73 Å². The molecule has 1 unspecified atom stereocenters. The van der Waals surface area contributed by atoms with Crippen molar-refractivity contribution in [3.8, 4) is 11.4 Å². The summed E-state index contributed by atoms with van der Waals surface area (Å²) in [4.78, 5) is 18.4. The molecule has 8 heteroatoms. The largest absolute Gasteiger partial charge is 0.368 e. The molecular formula is C25H26FN3O4. The molecule has 0 saturated heterocycles. The third kappa shape index (κ3) is 2.52. The minimum atomic E-state index is -1.19. The second-order valence-corrected chi connectivity index (χ2v) is 9.28. The fourth-order valence-corrected chi connectivity index (χ4v) is 6.05. The van der Waals surface area contributed by atoms with Gasteiger partial charge in [-0.2, -0.15) is 0 Å². The number of ether oxygens (including phenoxy) is 2. The number of nitrogens with two attached hydrogens (primary N) is 1. The summed E-state index contributed by atoms with van der Waals surface area (Å²) in [5.74, 6) is -0.281. The van der Waals surface area contributed by atoms with Crippen molar-refractivity contribution >= 4 is 10.9 Å². The first-order valence-corrected chi connectivity index (χ1v) is 11.3. The Balaban J connectivity index is 1.69. The average Bonchev–Trinajstić information content (AvgIpc) is 3.17. The van der Waals surface area contributed by atoms with E-state index in [2.05, 4.69) is 0 Å². The zero-order valence-electron chi connectivity index (χ0n) is 18.9. The fraction of sp³-hybridized carbons (Fsp3) is 0.440. The first-order chi connectivity index (χ1) is 15.8. The first kappa shape index (κ1) is 20.9. The summed E-state index contributed by atoms with van der Waals surface area (Å²) >= 11 is 0. The molecule has 0 radical (unpaired) electrons. The Morgan fingerprint density at radius 3 is 2.88 bits per heavy atom. The normalized spacial score (nSPS) is 25.2. The van der Waals surface area contributed by atoms with Gasteiger partial charge in [-0.1, -0.05) is 6.92 Å². The topological polar surface area (TPSA) is 99.6 Å². The molecule has 2 aromatic heterocycles. The molecule has 0 spiro atoms. The predicted molar refractivity (Wildman–Crippen MR) is 120 cm³/mol. The zero-order chi connectivity index (χ0) is 23.2. The SMILES string of the molecule is CC[C@]1(OC)c2cc3n(c(=O)c2COC1O)Cc1c-3nc2cc(F)c(C)c3c2c1[C@@H](N)CC3. The quantitative estimate of drug-likeness (QED) is 0.486. The van der Waals surface area contributed by atoms with Crippen molar-refractivity contribution in [3.05, 3.63) is 61.7 Å². The highest BCUT2D eigenvalue weighted by atomic mass is 19.1. The number of rotatable bonds is 2. The standard InChI is InChI=1S/C25H26FN3O4/c1-4-25(32-3)15-7-19-22-13(9-29(19)23(30)14(15)10-33-24(25)31)20-17(27)6-5-12-11(2)16(26)8-18(28-22)21(12)20/h7-8,17,24,31H,4-6,9-10,27H2,1-3H3/t17-,24?,25-/m0/s1. The molecule has 2 aliphatic heterocycles. The van der Waals surface area contributed by atoms with E-state index in [1.54, 1.807) is 11.5 Å². The Labute approximate surface area is 190 Å². The molecule has 0 saturated carbocycles. The molecule has 4 heterocycles. The summed E-state index contributed by atoms with van der Waals surface area (Å²) in [6.45, 7) is 4.04. The van der Waals surface area contributed by atoms with E-state index in [9.17, 15) is 14.3 Å². The predicted octanol–water partition coefficient (Wildman–Crippen LogP) is 2.92. The molecule has 0 fully saturated rings. The smallest absolute Gasteiger partial charge is 0.257 e. The Bertz CT molecular complexity index is 1410.